The summed E-state index contributed by atoms with van der Waals surface area (Å²) in [6.45, 7) is 5.58. The highest BCUT2D eigenvalue weighted by atomic mass is 16.4. The highest BCUT2D eigenvalue weighted by molar-refractivity contribution is 5.87. The van der Waals surface area contributed by atoms with Crippen molar-refractivity contribution in [1.82, 2.24) is 15.1 Å². The van der Waals surface area contributed by atoms with Crippen LogP contribution in [0.25, 0.3) is 0 Å². The van der Waals surface area contributed by atoms with Crippen LogP contribution in [0.1, 0.15) is 13.3 Å². The van der Waals surface area contributed by atoms with E-state index in [9.17, 15) is 14.4 Å². The molecule has 1 aliphatic rings. The summed E-state index contributed by atoms with van der Waals surface area (Å²) in [4.78, 5) is 37.3. The second kappa shape index (κ2) is 6.93. The molecule has 1 aliphatic heterocycles. The molecule has 1 atom stereocenters. The Bertz CT molecular complexity index is 353. The van der Waals surface area contributed by atoms with E-state index in [0.717, 1.165) is 19.6 Å². The summed E-state index contributed by atoms with van der Waals surface area (Å²) in [5.41, 5.74) is 4.95. The van der Waals surface area contributed by atoms with E-state index in [-0.39, 0.29) is 0 Å². The van der Waals surface area contributed by atoms with Crippen molar-refractivity contribution in [3.05, 3.63) is 0 Å². The van der Waals surface area contributed by atoms with Crippen LogP contribution in [0.2, 0.25) is 0 Å². The van der Waals surface area contributed by atoms with Gasteiger partial charge in [-0.25, -0.2) is 9.59 Å². The first-order chi connectivity index (χ1) is 8.93. The molecule has 8 nitrogen and oxygen atoms in total. The number of primary amides is 1. The number of carbonyl (C=O) groups excluding carboxylic acids is 2. The van der Waals surface area contributed by atoms with Crippen molar-refractivity contribution in [2.45, 2.75) is 19.4 Å². The molecule has 108 valence electrons. The normalized spacial score (nSPS) is 17.8. The average molecular weight is 272 g/mol. The van der Waals surface area contributed by atoms with E-state index in [2.05, 4.69) is 10.2 Å². The zero-order chi connectivity index (χ0) is 14.4. The Morgan fingerprint density at radius 2 is 1.84 bits per heavy atom. The average Bonchev–Trinajstić information content (AvgIpc) is 2.37. The van der Waals surface area contributed by atoms with Crippen LogP contribution < -0.4 is 11.1 Å². The first kappa shape index (κ1) is 15.2. The number of hydrogen-bond acceptors (Lipinski definition) is 4. The molecular weight excluding hydrogens is 252 g/mol. The zero-order valence-corrected chi connectivity index (χ0v) is 11.0. The van der Waals surface area contributed by atoms with Crippen molar-refractivity contribution in [2.24, 2.45) is 5.73 Å². The molecule has 1 rings (SSSR count). The summed E-state index contributed by atoms with van der Waals surface area (Å²) in [6.07, 6.45) is -0.407. The number of hydrogen-bond donors (Lipinski definition) is 3. The lowest BCUT2D eigenvalue weighted by molar-refractivity contribution is -0.141. The molecular formula is C11H20N4O4. The van der Waals surface area contributed by atoms with Gasteiger partial charge in [0.05, 0.1) is 6.42 Å². The van der Waals surface area contributed by atoms with Gasteiger partial charge >= 0.3 is 12.0 Å². The van der Waals surface area contributed by atoms with E-state index in [0.29, 0.717) is 13.1 Å². The number of carbonyl (C=O) groups is 3. The fourth-order valence-corrected chi connectivity index (χ4v) is 1.91. The lowest BCUT2D eigenvalue weighted by atomic mass is 10.2. The second-order valence-electron chi connectivity index (χ2n) is 4.43. The second-order valence-corrected chi connectivity index (χ2v) is 4.43. The van der Waals surface area contributed by atoms with Crippen LogP contribution in [-0.4, -0.2) is 71.6 Å². The lowest BCUT2D eigenvalue weighted by Gasteiger charge is -2.34. The third-order valence-corrected chi connectivity index (χ3v) is 3.11. The minimum atomic E-state index is -1.27. The maximum absolute atomic E-state index is 11.9. The molecule has 0 bridgehead atoms. The van der Waals surface area contributed by atoms with E-state index in [1.807, 2.05) is 6.92 Å². The van der Waals surface area contributed by atoms with E-state index < -0.39 is 30.4 Å². The van der Waals surface area contributed by atoms with Gasteiger partial charge < -0.3 is 26.0 Å². The van der Waals surface area contributed by atoms with Crippen LogP contribution in [-0.2, 0) is 9.59 Å². The van der Waals surface area contributed by atoms with Gasteiger partial charge in [-0.05, 0) is 6.54 Å². The fraction of sp³-hybridized carbons (Fsp3) is 0.727. The summed E-state index contributed by atoms with van der Waals surface area (Å²) in [7, 11) is 0. The molecule has 0 aromatic rings. The number of likely N-dealkylation sites (N-methyl/N-ethyl adjacent to an activating group) is 1. The first-order valence-corrected chi connectivity index (χ1v) is 6.23. The highest BCUT2D eigenvalue weighted by Crippen LogP contribution is 2.02. The highest BCUT2D eigenvalue weighted by Gasteiger charge is 2.26. The summed E-state index contributed by atoms with van der Waals surface area (Å²) in [5, 5.41) is 11.2. The molecule has 19 heavy (non-hydrogen) atoms. The van der Waals surface area contributed by atoms with Gasteiger partial charge in [0.25, 0.3) is 0 Å². The minimum Gasteiger partial charge on any atom is -0.480 e. The molecule has 0 unspecified atom stereocenters. The molecule has 0 aliphatic carbocycles. The number of amides is 3. The van der Waals surface area contributed by atoms with Gasteiger partial charge in [0, 0.05) is 26.2 Å². The van der Waals surface area contributed by atoms with Gasteiger partial charge in [0.1, 0.15) is 6.04 Å². The van der Waals surface area contributed by atoms with Crippen LogP contribution in [0.15, 0.2) is 0 Å². The number of nitrogens with one attached hydrogen (secondary N) is 1. The quantitative estimate of drug-likeness (QED) is 0.573. The predicted octanol–water partition coefficient (Wildman–Crippen LogP) is -1.34. The van der Waals surface area contributed by atoms with Crippen LogP contribution >= 0.6 is 0 Å². The van der Waals surface area contributed by atoms with Crippen molar-refractivity contribution in [1.29, 1.82) is 0 Å². The minimum absolute atomic E-state index is 0.407. The van der Waals surface area contributed by atoms with E-state index in [1.54, 1.807) is 4.90 Å². The topological polar surface area (TPSA) is 116 Å². The number of piperazine rings is 1. The number of nitrogens with two attached hydrogens (primary N) is 1. The van der Waals surface area contributed by atoms with Gasteiger partial charge in [-0.15, -0.1) is 0 Å². The molecule has 8 heteroatoms. The largest absolute Gasteiger partial charge is 0.480 e. The van der Waals surface area contributed by atoms with Gasteiger partial charge in [-0.1, -0.05) is 6.92 Å². The first-order valence-electron chi connectivity index (χ1n) is 6.23. The predicted molar refractivity (Wildman–Crippen MR) is 67.5 cm³/mol. The van der Waals surface area contributed by atoms with Crippen molar-refractivity contribution >= 4 is 17.9 Å². The Morgan fingerprint density at radius 1 is 1.26 bits per heavy atom. The van der Waals surface area contributed by atoms with E-state index in [4.69, 9.17) is 10.8 Å². The number of rotatable bonds is 5. The zero-order valence-electron chi connectivity index (χ0n) is 11.0. The lowest BCUT2D eigenvalue weighted by Crippen LogP contribution is -2.55. The number of carboxylic acid groups (broad SMARTS) is 1. The fourth-order valence-electron chi connectivity index (χ4n) is 1.91. The van der Waals surface area contributed by atoms with E-state index >= 15 is 0 Å². The van der Waals surface area contributed by atoms with Crippen molar-refractivity contribution in [3.8, 4) is 0 Å². The summed E-state index contributed by atoms with van der Waals surface area (Å²) >= 11 is 0. The summed E-state index contributed by atoms with van der Waals surface area (Å²) in [5.74, 6) is -2.03. The van der Waals surface area contributed by atoms with Crippen LogP contribution in [0, 0.1) is 0 Å². The maximum Gasteiger partial charge on any atom is 0.326 e. The Balaban J connectivity index is 2.48. The standard InChI is InChI=1S/C11H20N4O4/c1-2-14-3-5-15(6-4-14)11(19)13-8(10(17)18)7-9(12)16/h8H,2-7H2,1H3,(H2,12,16)(H,13,19)(H,17,18)/t8-/m0/s1. The molecule has 1 fully saturated rings. The number of aliphatic carboxylic acids is 1. The Morgan fingerprint density at radius 3 is 2.26 bits per heavy atom. The van der Waals surface area contributed by atoms with Crippen molar-refractivity contribution < 1.29 is 19.5 Å². The number of urea groups is 1. The smallest absolute Gasteiger partial charge is 0.326 e. The molecule has 0 saturated carbocycles. The van der Waals surface area contributed by atoms with Gasteiger partial charge in [-0.2, -0.15) is 0 Å². The molecule has 0 spiro atoms. The molecule has 0 radical (unpaired) electrons. The van der Waals surface area contributed by atoms with Gasteiger partial charge in [-0.3, -0.25) is 4.79 Å². The van der Waals surface area contributed by atoms with Gasteiger partial charge in [0.15, 0.2) is 0 Å². The van der Waals surface area contributed by atoms with Crippen molar-refractivity contribution in [3.63, 3.8) is 0 Å². The number of nitrogens with zero attached hydrogens (tertiary/aromatic N) is 2. The third-order valence-electron chi connectivity index (χ3n) is 3.11. The SMILES string of the molecule is CCN1CCN(C(=O)N[C@@H](CC(N)=O)C(=O)O)CC1. The van der Waals surface area contributed by atoms with Crippen LogP contribution in [0.4, 0.5) is 4.79 Å². The molecule has 0 aromatic carbocycles. The Kier molecular flexibility index (Phi) is 5.56. The molecule has 4 N–H and O–H groups in total. The Hall–Kier alpha value is -1.83. The van der Waals surface area contributed by atoms with Crippen molar-refractivity contribution in [2.75, 3.05) is 32.7 Å². The summed E-state index contributed by atoms with van der Waals surface area (Å²) in [6, 6.07) is -1.74. The van der Waals surface area contributed by atoms with Gasteiger partial charge in [0.2, 0.25) is 5.91 Å². The maximum atomic E-state index is 11.9. The van der Waals surface area contributed by atoms with Crippen LogP contribution in [0.5, 0.6) is 0 Å². The molecule has 3 amide bonds. The van der Waals surface area contributed by atoms with Crippen LogP contribution in [0.3, 0.4) is 0 Å². The monoisotopic (exact) mass is 272 g/mol. The van der Waals surface area contributed by atoms with E-state index in [1.165, 1.54) is 0 Å². The summed E-state index contributed by atoms with van der Waals surface area (Å²) < 4.78 is 0. The molecule has 1 heterocycles. The third kappa shape index (κ3) is 4.74. The molecule has 1 saturated heterocycles. The molecule has 0 aromatic heterocycles. The number of carboxylic acids is 1. The Labute approximate surface area is 111 Å².